The molecule has 4 nitrogen and oxygen atoms in total. The van der Waals surface area contributed by atoms with Crippen LogP contribution < -0.4 is 0 Å². The van der Waals surface area contributed by atoms with Crippen LogP contribution in [0.15, 0.2) is 55.2 Å². The Morgan fingerprint density at radius 3 is 2.67 bits per heavy atom. The number of aromatic nitrogens is 3. The highest BCUT2D eigenvalue weighted by Crippen LogP contribution is 2.15. The Balaban J connectivity index is 2.07. The van der Waals surface area contributed by atoms with Gasteiger partial charge in [-0.25, -0.2) is 9.97 Å². The molecule has 86 valence electrons. The minimum absolute atomic E-state index is 0.0821. The summed E-state index contributed by atoms with van der Waals surface area (Å²) in [6.07, 6.45) is 6.17. The van der Waals surface area contributed by atoms with E-state index in [2.05, 4.69) is 15.0 Å². The van der Waals surface area contributed by atoms with Gasteiger partial charge in [-0.3, -0.25) is 9.78 Å². The topological polar surface area (TPSA) is 55.7 Å². The van der Waals surface area contributed by atoms with E-state index >= 15 is 0 Å². The number of fused-ring (bicyclic) bond motifs is 1. The number of benzene rings is 1. The predicted molar refractivity (Wildman–Crippen MR) is 67.2 cm³/mol. The Kier molecular flexibility index (Phi) is 2.53. The van der Waals surface area contributed by atoms with E-state index in [0.29, 0.717) is 11.1 Å². The average molecular weight is 235 g/mol. The fourth-order valence-corrected chi connectivity index (χ4v) is 1.80. The smallest absolute Gasteiger partial charge is 0.196 e. The van der Waals surface area contributed by atoms with Crippen LogP contribution in [0, 0.1) is 0 Å². The maximum absolute atomic E-state index is 12.2. The van der Waals surface area contributed by atoms with Gasteiger partial charge in [0, 0.05) is 29.5 Å². The van der Waals surface area contributed by atoms with Crippen molar-refractivity contribution in [2.75, 3.05) is 0 Å². The Morgan fingerprint density at radius 1 is 1.00 bits per heavy atom. The van der Waals surface area contributed by atoms with Crippen LogP contribution in [0.1, 0.15) is 15.9 Å². The van der Waals surface area contributed by atoms with Gasteiger partial charge >= 0.3 is 0 Å². The zero-order chi connectivity index (χ0) is 12.4. The van der Waals surface area contributed by atoms with E-state index in [1.165, 1.54) is 18.7 Å². The molecular formula is C14H9N3O. The highest BCUT2D eigenvalue weighted by atomic mass is 16.1. The van der Waals surface area contributed by atoms with Gasteiger partial charge in [0.05, 0.1) is 11.1 Å². The quantitative estimate of drug-likeness (QED) is 0.639. The molecule has 0 saturated carbocycles. The summed E-state index contributed by atoms with van der Waals surface area (Å²) in [5.74, 6) is -0.0821. The van der Waals surface area contributed by atoms with Crippen molar-refractivity contribution in [3.05, 3.63) is 66.4 Å². The van der Waals surface area contributed by atoms with Gasteiger partial charge in [-0.2, -0.15) is 0 Å². The summed E-state index contributed by atoms with van der Waals surface area (Å²) in [4.78, 5) is 24.1. The lowest BCUT2D eigenvalue weighted by atomic mass is 10.0. The summed E-state index contributed by atoms with van der Waals surface area (Å²) >= 11 is 0. The van der Waals surface area contributed by atoms with Crippen molar-refractivity contribution in [1.82, 2.24) is 15.0 Å². The Labute approximate surface area is 103 Å². The standard InChI is InChI=1S/C14H9N3O/c18-14(12-7-15-9-16-8-12)11-3-4-13-10(6-11)2-1-5-17-13/h1-9H. The maximum atomic E-state index is 12.2. The van der Waals surface area contributed by atoms with Crippen molar-refractivity contribution in [2.45, 2.75) is 0 Å². The molecule has 0 unspecified atom stereocenters. The second kappa shape index (κ2) is 4.33. The van der Waals surface area contributed by atoms with Crippen molar-refractivity contribution in [1.29, 1.82) is 0 Å². The summed E-state index contributed by atoms with van der Waals surface area (Å²) in [6.45, 7) is 0. The SMILES string of the molecule is O=C(c1cncnc1)c1ccc2ncccc2c1. The van der Waals surface area contributed by atoms with Crippen molar-refractivity contribution in [2.24, 2.45) is 0 Å². The van der Waals surface area contributed by atoms with Gasteiger partial charge < -0.3 is 0 Å². The van der Waals surface area contributed by atoms with Gasteiger partial charge in [0.25, 0.3) is 0 Å². The molecule has 1 aromatic carbocycles. The first-order chi connectivity index (χ1) is 8.84. The summed E-state index contributed by atoms with van der Waals surface area (Å²) in [5, 5.41) is 0.945. The predicted octanol–water partition coefficient (Wildman–Crippen LogP) is 2.26. The molecule has 3 rings (SSSR count). The van der Waals surface area contributed by atoms with E-state index in [9.17, 15) is 4.79 Å². The molecule has 4 heteroatoms. The monoisotopic (exact) mass is 235 g/mol. The fraction of sp³-hybridized carbons (Fsp3) is 0. The van der Waals surface area contributed by atoms with Crippen molar-refractivity contribution >= 4 is 16.7 Å². The van der Waals surface area contributed by atoms with Crippen molar-refractivity contribution in [3.63, 3.8) is 0 Å². The lowest BCUT2D eigenvalue weighted by Gasteiger charge is -2.02. The number of hydrogen-bond donors (Lipinski definition) is 0. The molecule has 0 radical (unpaired) electrons. The van der Waals surface area contributed by atoms with Crippen LogP contribution >= 0.6 is 0 Å². The van der Waals surface area contributed by atoms with Crippen LogP contribution in [-0.2, 0) is 0 Å². The van der Waals surface area contributed by atoms with Crippen LogP contribution in [0.4, 0.5) is 0 Å². The Morgan fingerprint density at radius 2 is 1.83 bits per heavy atom. The molecule has 3 aromatic rings. The lowest BCUT2D eigenvalue weighted by Crippen LogP contribution is -2.02. The zero-order valence-corrected chi connectivity index (χ0v) is 9.45. The average Bonchev–Trinajstić information content (AvgIpc) is 2.47. The molecule has 0 aliphatic carbocycles. The molecule has 0 bridgehead atoms. The summed E-state index contributed by atoms with van der Waals surface area (Å²) in [6, 6.07) is 9.22. The largest absolute Gasteiger partial charge is 0.288 e. The molecule has 2 aromatic heterocycles. The molecule has 0 aliphatic rings. The van der Waals surface area contributed by atoms with Crippen LogP contribution in [0.2, 0.25) is 0 Å². The first-order valence-corrected chi connectivity index (χ1v) is 5.49. The van der Waals surface area contributed by atoms with E-state index in [0.717, 1.165) is 10.9 Å². The van der Waals surface area contributed by atoms with Gasteiger partial charge in [0.1, 0.15) is 6.33 Å². The normalized spacial score (nSPS) is 10.4. The number of carbonyl (C=O) groups is 1. The van der Waals surface area contributed by atoms with Crippen molar-refractivity contribution < 1.29 is 4.79 Å². The van der Waals surface area contributed by atoms with E-state index in [1.807, 2.05) is 24.3 Å². The van der Waals surface area contributed by atoms with E-state index in [-0.39, 0.29) is 5.78 Å². The minimum atomic E-state index is -0.0821. The molecule has 0 saturated heterocycles. The first kappa shape index (κ1) is 10.5. The summed E-state index contributed by atoms with van der Waals surface area (Å²) in [5.41, 5.74) is 1.98. The summed E-state index contributed by atoms with van der Waals surface area (Å²) in [7, 11) is 0. The third-order valence-electron chi connectivity index (χ3n) is 2.69. The van der Waals surface area contributed by atoms with Crippen molar-refractivity contribution in [3.8, 4) is 0 Å². The second-order valence-electron chi connectivity index (χ2n) is 3.87. The molecule has 2 heterocycles. The number of carbonyl (C=O) groups excluding carboxylic acids is 1. The number of nitrogens with zero attached hydrogens (tertiary/aromatic N) is 3. The third kappa shape index (κ3) is 1.84. The number of pyridine rings is 1. The molecule has 0 atom stereocenters. The van der Waals surface area contributed by atoms with Gasteiger partial charge in [0.2, 0.25) is 0 Å². The zero-order valence-electron chi connectivity index (χ0n) is 9.45. The molecule has 18 heavy (non-hydrogen) atoms. The van der Waals surface area contributed by atoms with Gasteiger partial charge in [-0.1, -0.05) is 6.07 Å². The molecule has 0 N–H and O–H groups in total. The first-order valence-electron chi connectivity index (χ1n) is 5.49. The number of ketones is 1. The van der Waals surface area contributed by atoms with Gasteiger partial charge in [-0.05, 0) is 24.3 Å². The molecule has 0 fully saturated rings. The molecule has 0 aliphatic heterocycles. The Hall–Kier alpha value is -2.62. The van der Waals surface area contributed by atoms with Crippen LogP contribution in [0.5, 0.6) is 0 Å². The fourth-order valence-electron chi connectivity index (χ4n) is 1.80. The van der Waals surface area contributed by atoms with E-state index < -0.39 is 0 Å². The van der Waals surface area contributed by atoms with Crippen LogP contribution in [0.25, 0.3) is 10.9 Å². The maximum Gasteiger partial charge on any atom is 0.196 e. The molecular weight excluding hydrogens is 226 g/mol. The lowest BCUT2D eigenvalue weighted by molar-refractivity contribution is 0.103. The number of rotatable bonds is 2. The van der Waals surface area contributed by atoms with Crippen LogP contribution in [0.3, 0.4) is 0 Å². The highest BCUT2D eigenvalue weighted by Gasteiger charge is 2.09. The third-order valence-corrected chi connectivity index (χ3v) is 2.69. The molecule has 0 spiro atoms. The summed E-state index contributed by atoms with van der Waals surface area (Å²) < 4.78 is 0. The van der Waals surface area contributed by atoms with E-state index in [1.54, 1.807) is 12.3 Å². The van der Waals surface area contributed by atoms with E-state index in [4.69, 9.17) is 0 Å². The van der Waals surface area contributed by atoms with Gasteiger partial charge in [-0.15, -0.1) is 0 Å². The second-order valence-corrected chi connectivity index (χ2v) is 3.87. The Bertz CT molecular complexity index is 710. The van der Waals surface area contributed by atoms with Gasteiger partial charge in [0.15, 0.2) is 5.78 Å². The number of hydrogen-bond acceptors (Lipinski definition) is 4. The minimum Gasteiger partial charge on any atom is -0.288 e. The van der Waals surface area contributed by atoms with Crippen LogP contribution in [-0.4, -0.2) is 20.7 Å². The highest BCUT2D eigenvalue weighted by molar-refractivity contribution is 6.10. The molecule has 0 amide bonds.